The van der Waals surface area contributed by atoms with Crippen LogP contribution in [0.4, 0.5) is 5.69 Å². The second-order valence-corrected chi connectivity index (χ2v) is 4.75. The maximum Gasteiger partial charge on any atom is 0.0945 e. The molecule has 2 heteroatoms. The summed E-state index contributed by atoms with van der Waals surface area (Å²) in [5.41, 5.74) is 3.63. The van der Waals surface area contributed by atoms with Gasteiger partial charge in [0.25, 0.3) is 0 Å². The SMILES string of the molecule is CC(C)c1ccccc1N1CC=C(C#N)CC1. The van der Waals surface area contributed by atoms with Crippen molar-refractivity contribution in [3.05, 3.63) is 41.5 Å². The minimum absolute atomic E-state index is 0.535. The fourth-order valence-corrected chi connectivity index (χ4v) is 2.25. The van der Waals surface area contributed by atoms with Gasteiger partial charge >= 0.3 is 0 Å². The molecule has 0 N–H and O–H groups in total. The molecule has 0 saturated carbocycles. The number of rotatable bonds is 2. The quantitative estimate of drug-likeness (QED) is 0.772. The van der Waals surface area contributed by atoms with E-state index in [1.165, 1.54) is 11.3 Å². The topological polar surface area (TPSA) is 27.0 Å². The second-order valence-electron chi connectivity index (χ2n) is 4.75. The molecular formula is C15H18N2. The van der Waals surface area contributed by atoms with E-state index >= 15 is 0 Å². The molecule has 2 nitrogen and oxygen atoms in total. The molecule has 1 aromatic rings. The number of para-hydroxylation sites is 1. The Labute approximate surface area is 103 Å². The molecule has 1 aliphatic heterocycles. The van der Waals surface area contributed by atoms with E-state index in [2.05, 4.69) is 49.1 Å². The Balaban J connectivity index is 2.25. The van der Waals surface area contributed by atoms with Crippen molar-refractivity contribution < 1.29 is 0 Å². The van der Waals surface area contributed by atoms with E-state index in [4.69, 9.17) is 5.26 Å². The van der Waals surface area contributed by atoms with Gasteiger partial charge in [-0.15, -0.1) is 0 Å². The highest BCUT2D eigenvalue weighted by atomic mass is 15.1. The minimum atomic E-state index is 0.535. The predicted molar refractivity (Wildman–Crippen MR) is 71.1 cm³/mol. The number of benzene rings is 1. The molecule has 0 fully saturated rings. The van der Waals surface area contributed by atoms with Crippen LogP contribution in [-0.4, -0.2) is 13.1 Å². The molecule has 1 heterocycles. The monoisotopic (exact) mass is 226 g/mol. The van der Waals surface area contributed by atoms with Crippen molar-refractivity contribution in [2.75, 3.05) is 18.0 Å². The van der Waals surface area contributed by atoms with Crippen LogP contribution >= 0.6 is 0 Å². The minimum Gasteiger partial charge on any atom is -0.367 e. The van der Waals surface area contributed by atoms with E-state index in [1.807, 2.05) is 6.08 Å². The van der Waals surface area contributed by atoms with Crippen molar-refractivity contribution in [2.45, 2.75) is 26.2 Å². The number of hydrogen-bond acceptors (Lipinski definition) is 2. The first-order valence-electron chi connectivity index (χ1n) is 6.15. The van der Waals surface area contributed by atoms with Crippen LogP contribution in [0.3, 0.4) is 0 Å². The highest BCUT2D eigenvalue weighted by Crippen LogP contribution is 2.28. The van der Waals surface area contributed by atoms with Gasteiger partial charge in [-0.1, -0.05) is 38.1 Å². The molecule has 88 valence electrons. The summed E-state index contributed by atoms with van der Waals surface area (Å²) in [6, 6.07) is 10.8. The van der Waals surface area contributed by atoms with Crippen LogP contribution in [0.15, 0.2) is 35.9 Å². The first kappa shape index (κ1) is 11.7. The zero-order valence-corrected chi connectivity index (χ0v) is 10.5. The van der Waals surface area contributed by atoms with Gasteiger partial charge in [-0.3, -0.25) is 0 Å². The smallest absolute Gasteiger partial charge is 0.0945 e. The highest BCUT2D eigenvalue weighted by molar-refractivity contribution is 5.56. The van der Waals surface area contributed by atoms with E-state index in [1.54, 1.807) is 0 Å². The first-order valence-corrected chi connectivity index (χ1v) is 6.15. The van der Waals surface area contributed by atoms with E-state index < -0.39 is 0 Å². The van der Waals surface area contributed by atoms with Crippen molar-refractivity contribution in [1.29, 1.82) is 5.26 Å². The summed E-state index contributed by atoms with van der Waals surface area (Å²) < 4.78 is 0. The molecule has 1 aliphatic rings. The van der Waals surface area contributed by atoms with Crippen molar-refractivity contribution in [1.82, 2.24) is 0 Å². The van der Waals surface area contributed by atoms with Crippen LogP contribution in [0.5, 0.6) is 0 Å². The Morgan fingerprint density at radius 2 is 2.06 bits per heavy atom. The summed E-state index contributed by atoms with van der Waals surface area (Å²) in [7, 11) is 0. The summed E-state index contributed by atoms with van der Waals surface area (Å²) in [4.78, 5) is 2.36. The Bertz CT molecular complexity index is 466. The van der Waals surface area contributed by atoms with Gasteiger partial charge in [-0.25, -0.2) is 0 Å². The Morgan fingerprint density at radius 1 is 1.29 bits per heavy atom. The lowest BCUT2D eigenvalue weighted by atomic mass is 9.99. The number of nitrogens with zero attached hydrogens (tertiary/aromatic N) is 2. The van der Waals surface area contributed by atoms with Gasteiger partial charge < -0.3 is 4.90 Å². The lowest BCUT2D eigenvalue weighted by molar-refractivity contribution is 0.780. The van der Waals surface area contributed by atoms with Gasteiger partial charge in [0.1, 0.15) is 0 Å². The zero-order chi connectivity index (χ0) is 12.3. The van der Waals surface area contributed by atoms with Crippen LogP contribution < -0.4 is 4.90 Å². The second kappa shape index (κ2) is 5.05. The number of anilines is 1. The largest absolute Gasteiger partial charge is 0.367 e. The molecule has 0 aliphatic carbocycles. The summed E-state index contributed by atoms with van der Waals surface area (Å²) in [5, 5.41) is 8.85. The van der Waals surface area contributed by atoms with Crippen molar-refractivity contribution in [3.63, 3.8) is 0 Å². The average molecular weight is 226 g/mol. The van der Waals surface area contributed by atoms with E-state index in [0.29, 0.717) is 5.92 Å². The summed E-state index contributed by atoms with van der Waals surface area (Å²) in [6.07, 6.45) is 2.91. The van der Waals surface area contributed by atoms with Crippen LogP contribution in [0.25, 0.3) is 0 Å². The predicted octanol–water partition coefficient (Wildman–Crippen LogP) is 3.47. The fraction of sp³-hybridized carbons (Fsp3) is 0.400. The first-order chi connectivity index (χ1) is 8.22. The van der Waals surface area contributed by atoms with Crippen molar-refractivity contribution >= 4 is 5.69 Å². The zero-order valence-electron chi connectivity index (χ0n) is 10.5. The van der Waals surface area contributed by atoms with Crippen molar-refractivity contribution in [3.8, 4) is 6.07 Å². The molecule has 0 saturated heterocycles. The summed E-state index contributed by atoms with van der Waals surface area (Å²) in [5.74, 6) is 0.535. The molecule has 0 aromatic heterocycles. The van der Waals surface area contributed by atoms with E-state index in [9.17, 15) is 0 Å². The summed E-state index contributed by atoms with van der Waals surface area (Å²) >= 11 is 0. The van der Waals surface area contributed by atoms with Crippen LogP contribution in [0.1, 0.15) is 31.7 Å². The van der Waals surface area contributed by atoms with Crippen LogP contribution in [0.2, 0.25) is 0 Å². The van der Waals surface area contributed by atoms with Gasteiger partial charge in [0, 0.05) is 24.4 Å². The van der Waals surface area contributed by atoms with Gasteiger partial charge in [-0.2, -0.15) is 5.26 Å². The van der Waals surface area contributed by atoms with Gasteiger partial charge in [0.15, 0.2) is 0 Å². The van der Waals surface area contributed by atoms with Crippen molar-refractivity contribution in [2.24, 2.45) is 0 Å². The Morgan fingerprint density at radius 3 is 2.65 bits per heavy atom. The number of hydrogen-bond donors (Lipinski definition) is 0. The lowest BCUT2D eigenvalue weighted by Gasteiger charge is -2.29. The fourth-order valence-electron chi connectivity index (χ4n) is 2.25. The average Bonchev–Trinajstić information content (AvgIpc) is 2.39. The molecule has 0 atom stereocenters. The standard InChI is InChI=1S/C15H18N2/c1-12(2)14-5-3-4-6-15(14)17-9-7-13(11-16)8-10-17/h3-7,12H,8-10H2,1-2H3. The molecule has 0 bridgehead atoms. The molecule has 0 amide bonds. The molecule has 0 unspecified atom stereocenters. The maximum atomic E-state index is 8.85. The molecule has 17 heavy (non-hydrogen) atoms. The normalized spacial score (nSPS) is 15.6. The third-order valence-electron chi connectivity index (χ3n) is 3.25. The molecule has 1 aromatic carbocycles. The van der Waals surface area contributed by atoms with E-state index in [-0.39, 0.29) is 0 Å². The molecule has 0 radical (unpaired) electrons. The van der Waals surface area contributed by atoms with Gasteiger partial charge in [0.2, 0.25) is 0 Å². The highest BCUT2D eigenvalue weighted by Gasteiger charge is 2.15. The van der Waals surface area contributed by atoms with Crippen LogP contribution in [-0.2, 0) is 0 Å². The Hall–Kier alpha value is -1.75. The summed E-state index contributed by atoms with van der Waals surface area (Å²) in [6.45, 7) is 6.24. The number of nitriles is 1. The van der Waals surface area contributed by atoms with Crippen LogP contribution in [0, 0.1) is 11.3 Å². The Kier molecular flexibility index (Phi) is 3.49. The molecule has 2 rings (SSSR count). The third kappa shape index (κ3) is 2.50. The lowest BCUT2D eigenvalue weighted by Crippen LogP contribution is -2.29. The molecular weight excluding hydrogens is 208 g/mol. The third-order valence-corrected chi connectivity index (χ3v) is 3.25. The maximum absolute atomic E-state index is 8.85. The van der Waals surface area contributed by atoms with Gasteiger partial charge in [0.05, 0.1) is 6.07 Å². The molecule has 0 spiro atoms. The van der Waals surface area contributed by atoms with Gasteiger partial charge in [-0.05, 0) is 24.0 Å². The van der Waals surface area contributed by atoms with E-state index in [0.717, 1.165) is 25.1 Å².